The summed E-state index contributed by atoms with van der Waals surface area (Å²) in [5, 5.41) is 0. The molecule has 0 spiro atoms. The molecule has 4 nitrogen and oxygen atoms in total. The maximum Gasteiger partial charge on any atom is 0.213 e. The quantitative estimate of drug-likeness (QED) is 0.741. The molecule has 1 heterocycles. The van der Waals surface area contributed by atoms with Crippen LogP contribution in [0.2, 0.25) is 0 Å². The first-order valence-electron chi connectivity index (χ1n) is 5.19. The zero-order valence-electron chi connectivity index (χ0n) is 8.94. The van der Waals surface area contributed by atoms with Gasteiger partial charge in [-0.05, 0) is 31.7 Å². The Labute approximate surface area is 86.5 Å². The van der Waals surface area contributed by atoms with E-state index in [-0.39, 0.29) is 5.75 Å². The summed E-state index contributed by atoms with van der Waals surface area (Å²) in [7, 11) is -3.01. The van der Waals surface area contributed by atoms with E-state index < -0.39 is 10.0 Å². The van der Waals surface area contributed by atoms with Gasteiger partial charge < -0.3 is 5.73 Å². The molecule has 0 amide bonds. The lowest BCUT2D eigenvalue weighted by Crippen LogP contribution is -2.45. The van der Waals surface area contributed by atoms with Gasteiger partial charge in [-0.25, -0.2) is 12.7 Å². The molecule has 0 aliphatic carbocycles. The van der Waals surface area contributed by atoms with Crippen LogP contribution in [0.1, 0.15) is 20.3 Å². The first-order chi connectivity index (χ1) is 6.51. The van der Waals surface area contributed by atoms with Crippen LogP contribution in [0.5, 0.6) is 0 Å². The summed E-state index contributed by atoms with van der Waals surface area (Å²) in [5.41, 5.74) is 5.62. The SMILES string of the molecule is CCS(=O)(=O)N1CCC(C)C(CN)C1. The fraction of sp³-hybridized carbons (Fsp3) is 1.00. The zero-order valence-corrected chi connectivity index (χ0v) is 9.76. The molecule has 0 radical (unpaired) electrons. The molecule has 1 rings (SSSR count). The second kappa shape index (κ2) is 4.59. The van der Waals surface area contributed by atoms with Crippen LogP contribution in [-0.4, -0.2) is 38.1 Å². The van der Waals surface area contributed by atoms with Crippen molar-refractivity contribution < 1.29 is 8.42 Å². The molecule has 84 valence electrons. The first kappa shape index (κ1) is 11.9. The monoisotopic (exact) mass is 220 g/mol. The van der Waals surface area contributed by atoms with Crippen LogP contribution in [0.25, 0.3) is 0 Å². The summed E-state index contributed by atoms with van der Waals surface area (Å²) in [6.07, 6.45) is 0.932. The van der Waals surface area contributed by atoms with Crippen LogP contribution in [-0.2, 0) is 10.0 Å². The lowest BCUT2D eigenvalue weighted by atomic mass is 9.88. The normalized spacial score (nSPS) is 30.5. The van der Waals surface area contributed by atoms with Crippen molar-refractivity contribution in [2.75, 3.05) is 25.4 Å². The summed E-state index contributed by atoms with van der Waals surface area (Å²) in [6, 6.07) is 0. The van der Waals surface area contributed by atoms with Gasteiger partial charge in [-0.3, -0.25) is 0 Å². The zero-order chi connectivity index (χ0) is 10.8. The molecule has 2 N–H and O–H groups in total. The van der Waals surface area contributed by atoms with Crippen LogP contribution in [0.3, 0.4) is 0 Å². The molecular weight excluding hydrogens is 200 g/mol. The predicted octanol–water partition coefficient (Wildman–Crippen LogP) is 0.253. The Morgan fingerprint density at radius 2 is 2.14 bits per heavy atom. The average Bonchev–Trinajstić information content (AvgIpc) is 2.18. The van der Waals surface area contributed by atoms with Crippen molar-refractivity contribution >= 4 is 10.0 Å². The second-order valence-electron chi connectivity index (χ2n) is 4.02. The van der Waals surface area contributed by atoms with Crippen LogP contribution < -0.4 is 5.73 Å². The Balaban J connectivity index is 2.68. The second-order valence-corrected chi connectivity index (χ2v) is 6.28. The van der Waals surface area contributed by atoms with Gasteiger partial charge in [0, 0.05) is 13.1 Å². The van der Waals surface area contributed by atoms with Crippen molar-refractivity contribution in [1.29, 1.82) is 0 Å². The lowest BCUT2D eigenvalue weighted by molar-refractivity contribution is 0.203. The number of piperidine rings is 1. The van der Waals surface area contributed by atoms with Crippen LogP contribution in [0, 0.1) is 11.8 Å². The van der Waals surface area contributed by atoms with Gasteiger partial charge in [0.15, 0.2) is 0 Å². The van der Waals surface area contributed by atoms with Crippen molar-refractivity contribution in [2.24, 2.45) is 17.6 Å². The fourth-order valence-electron chi connectivity index (χ4n) is 1.86. The van der Waals surface area contributed by atoms with Gasteiger partial charge in [0.1, 0.15) is 0 Å². The fourth-order valence-corrected chi connectivity index (χ4v) is 3.03. The number of sulfonamides is 1. The highest BCUT2D eigenvalue weighted by atomic mass is 32.2. The maximum atomic E-state index is 11.6. The summed E-state index contributed by atoms with van der Waals surface area (Å²) < 4.78 is 24.8. The van der Waals surface area contributed by atoms with Crippen LogP contribution in [0.15, 0.2) is 0 Å². The average molecular weight is 220 g/mol. The Morgan fingerprint density at radius 1 is 1.50 bits per heavy atom. The van der Waals surface area contributed by atoms with Crippen molar-refractivity contribution in [2.45, 2.75) is 20.3 Å². The van der Waals surface area contributed by atoms with Gasteiger partial charge >= 0.3 is 0 Å². The molecule has 1 aliphatic heterocycles. The van der Waals surface area contributed by atoms with E-state index in [9.17, 15) is 8.42 Å². The minimum absolute atomic E-state index is 0.193. The smallest absolute Gasteiger partial charge is 0.213 e. The van der Waals surface area contributed by atoms with E-state index in [0.29, 0.717) is 31.5 Å². The largest absolute Gasteiger partial charge is 0.330 e. The molecule has 5 heteroatoms. The van der Waals surface area contributed by atoms with Gasteiger partial charge in [-0.15, -0.1) is 0 Å². The summed E-state index contributed by atoms with van der Waals surface area (Å²) in [6.45, 7) is 5.68. The van der Waals surface area contributed by atoms with E-state index in [2.05, 4.69) is 6.92 Å². The minimum atomic E-state index is -3.01. The van der Waals surface area contributed by atoms with E-state index in [1.54, 1.807) is 11.2 Å². The molecule has 0 aromatic heterocycles. The number of hydrogen-bond donors (Lipinski definition) is 1. The maximum absolute atomic E-state index is 11.6. The highest BCUT2D eigenvalue weighted by Gasteiger charge is 2.30. The number of nitrogens with zero attached hydrogens (tertiary/aromatic N) is 1. The van der Waals surface area contributed by atoms with Gasteiger partial charge in [-0.2, -0.15) is 0 Å². The van der Waals surface area contributed by atoms with Crippen molar-refractivity contribution in [1.82, 2.24) is 4.31 Å². The molecule has 1 saturated heterocycles. The highest BCUT2D eigenvalue weighted by Crippen LogP contribution is 2.24. The Morgan fingerprint density at radius 3 is 2.64 bits per heavy atom. The highest BCUT2D eigenvalue weighted by molar-refractivity contribution is 7.89. The standard InChI is InChI=1S/C9H20N2O2S/c1-3-14(12,13)11-5-4-8(2)9(6-10)7-11/h8-9H,3-7,10H2,1-2H3. The van der Waals surface area contributed by atoms with Crippen molar-refractivity contribution in [3.63, 3.8) is 0 Å². The van der Waals surface area contributed by atoms with E-state index in [1.807, 2.05) is 0 Å². The molecule has 14 heavy (non-hydrogen) atoms. The summed E-state index contributed by atoms with van der Waals surface area (Å²) in [4.78, 5) is 0. The van der Waals surface area contributed by atoms with Crippen LogP contribution in [0.4, 0.5) is 0 Å². The third kappa shape index (κ3) is 2.46. The van der Waals surface area contributed by atoms with Crippen molar-refractivity contribution in [3.05, 3.63) is 0 Å². The van der Waals surface area contributed by atoms with E-state index in [1.165, 1.54) is 0 Å². The molecule has 0 bridgehead atoms. The number of nitrogens with two attached hydrogens (primary N) is 1. The third-order valence-corrected chi connectivity index (χ3v) is 4.99. The molecule has 1 aliphatic rings. The molecule has 0 saturated carbocycles. The van der Waals surface area contributed by atoms with Gasteiger partial charge in [0.25, 0.3) is 0 Å². The molecule has 0 aromatic carbocycles. The molecule has 2 atom stereocenters. The predicted molar refractivity (Wildman–Crippen MR) is 57.4 cm³/mol. The van der Waals surface area contributed by atoms with E-state index in [0.717, 1.165) is 6.42 Å². The van der Waals surface area contributed by atoms with Gasteiger partial charge in [-0.1, -0.05) is 6.92 Å². The summed E-state index contributed by atoms with van der Waals surface area (Å²) >= 11 is 0. The third-order valence-electron chi connectivity index (χ3n) is 3.14. The topological polar surface area (TPSA) is 63.4 Å². The van der Waals surface area contributed by atoms with Crippen molar-refractivity contribution in [3.8, 4) is 0 Å². The van der Waals surface area contributed by atoms with Crippen LogP contribution >= 0.6 is 0 Å². The Hall–Kier alpha value is -0.130. The van der Waals surface area contributed by atoms with E-state index in [4.69, 9.17) is 5.73 Å². The summed E-state index contributed by atoms with van der Waals surface area (Å²) in [5.74, 6) is 1.06. The first-order valence-corrected chi connectivity index (χ1v) is 6.80. The minimum Gasteiger partial charge on any atom is -0.330 e. The lowest BCUT2D eigenvalue weighted by Gasteiger charge is -2.35. The molecule has 1 fully saturated rings. The van der Waals surface area contributed by atoms with E-state index >= 15 is 0 Å². The van der Waals surface area contributed by atoms with Gasteiger partial charge in [0.05, 0.1) is 5.75 Å². The Bertz CT molecular complexity index is 277. The molecule has 2 unspecified atom stereocenters. The number of rotatable bonds is 3. The molecular formula is C9H20N2O2S. The number of hydrogen-bond acceptors (Lipinski definition) is 3. The molecule has 0 aromatic rings. The Kier molecular flexibility index (Phi) is 3.92. The van der Waals surface area contributed by atoms with Gasteiger partial charge in [0.2, 0.25) is 10.0 Å².